The third kappa shape index (κ3) is 3.82. The molecule has 3 rings (SSSR count). The second-order valence-corrected chi connectivity index (χ2v) is 5.66. The van der Waals surface area contributed by atoms with E-state index in [4.69, 9.17) is 10.00 Å². The number of ether oxygens (including phenoxy) is 1. The fourth-order valence-electron chi connectivity index (χ4n) is 2.70. The molecule has 0 bridgehead atoms. The highest BCUT2D eigenvalue weighted by Gasteiger charge is 2.19. The van der Waals surface area contributed by atoms with Crippen molar-refractivity contribution in [1.82, 2.24) is 4.90 Å². The molecule has 1 heterocycles. The smallest absolute Gasteiger partial charge is 0.410 e. The van der Waals surface area contributed by atoms with Gasteiger partial charge in [0.05, 0.1) is 11.6 Å². The Morgan fingerprint density at radius 3 is 2.71 bits per heavy atom. The minimum atomic E-state index is -0.292. The van der Waals surface area contributed by atoms with Gasteiger partial charge in [-0.05, 0) is 35.3 Å². The van der Waals surface area contributed by atoms with Crippen LogP contribution in [0.2, 0.25) is 0 Å². The highest BCUT2D eigenvalue weighted by atomic mass is 16.6. The molecule has 0 atom stereocenters. The van der Waals surface area contributed by atoms with Crippen LogP contribution in [-0.2, 0) is 11.3 Å². The standard InChI is InChI=1S/C20H18N2O2/c21-14-17-7-4-8-19(13-17)18-9-11-22(12-10-18)20(23)24-15-16-5-2-1-3-6-16/h1-9,13H,10-12,15H2. The molecule has 1 aliphatic rings. The van der Waals surface area contributed by atoms with Gasteiger partial charge in [-0.25, -0.2) is 4.79 Å². The van der Waals surface area contributed by atoms with Gasteiger partial charge < -0.3 is 9.64 Å². The van der Waals surface area contributed by atoms with E-state index < -0.39 is 0 Å². The van der Waals surface area contributed by atoms with Crippen LogP contribution in [0.5, 0.6) is 0 Å². The molecule has 0 fully saturated rings. The average molecular weight is 318 g/mol. The number of benzene rings is 2. The van der Waals surface area contributed by atoms with Crippen molar-refractivity contribution in [2.24, 2.45) is 0 Å². The number of hydrogen-bond donors (Lipinski definition) is 0. The Labute approximate surface area is 141 Å². The molecular formula is C20H18N2O2. The molecule has 0 saturated heterocycles. The molecule has 0 saturated carbocycles. The summed E-state index contributed by atoms with van der Waals surface area (Å²) in [6.07, 6.45) is 2.50. The molecule has 0 N–H and O–H groups in total. The molecule has 2 aromatic carbocycles. The summed E-state index contributed by atoms with van der Waals surface area (Å²) >= 11 is 0. The highest BCUT2D eigenvalue weighted by Crippen LogP contribution is 2.23. The van der Waals surface area contributed by atoms with E-state index in [1.807, 2.05) is 54.6 Å². The lowest BCUT2D eigenvalue weighted by molar-refractivity contribution is 0.0998. The number of rotatable bonds is 3. The van der Waals surface area contributed by atoms with Crippen LogP contribution in [0.1, 0.15) is 23.1 Å². The zero-order valence-electron chi connectivity index (χ0n) is 13.3. The molecule has 0 unspecified atom stereocenters. The quantitative estimate of drug-likeness (QED) is 0.860. The van der Waals surface area contributed by atoms with E-state index in [0.29, 0.717) is 18.7 Å². The highest BCUT2D eigenvalue weighted by molar-refractivity contribution is 5.72. The van der Waals surface area contributed by atoms with Crippen molar-refractivity contribution >= 4 is 11.7 Å². The Morgan fingerprint density at radius 2 is 2.00 bits per heavy atom. The van der Waals surface area contributed by atoms with Crippen LogP contribution in [0.3, 0.4) is 0 Å². The maximum atomic E-state index is 12.1. The topological polar surface area (TPSA) is 53.3 Å². The lowest BCUT2D eigenvalue weighted by Crippen LogP contribution is -2.35. The van der Waals surface area contributed by atoms with E-state index in [9.17, 15) is 4.79 Å². The van der Waals surface area contributed by atoms with Gasteiger partial charge >= 0.3 is 6.09 Å². The average Bonchev–Trinajstić information content (AvgIpc) is 2.67. The second-order valence-electron chi connectivity index (χ2n) is 5.66. The predicted molar refractivity (Wildman–Crippen MR) is 92.0 cm³/mol. The summed E-state index contributed by atoms with van der Waals surface area (Å²) in [4.78, 5) is 13.8. The minimum absolute atomic E-state index is 0.289. The fourth-order valence-corrected chi connectivity index (χ4v) is 2.70. The summed E-state index contributed by atoms with van der Waals surface area (Å²) < 4.78 is 5.36. The third-order valence-electron chi connectivity index (χ3n) is 4.03. The number of nitriles is 1. The summed E-state index contributed by atoms with van der Waals surface area (Å²) in [5, 5.41) is 8.99. The van der Waals surface area contributed by atoms with Gasteiger partial charge in [0, 0.05) is 13.1 Å². The molecule has 120 valence electrons. The monoisotopic (exact) mass is 318 g/mol. The van der Waals surface area contributed by atoms with Gasteiger partial charge in [-0.1, -0.05) is 48.5 Å². The normalized spacial score (nSPS) is 13.8. The zero-order valence-corrected chi connectivity index (χ0v) is 13.3. The first-order valence-electron chi connectivity index (χ1n) is 7.91. The minimum Gasteiger partial charge on any atom is -0.445 e. The molecular weight excluding hydrogens is 300 g/mol. The van der Waals surface area contributed by atoms with E-state index in [2.05, 4.69) is 6.07 Å². The summed E-state index contributed by atoms with van der Waals surface area (Å²) in [7, 11) is 0. The summed E-state index contributed by atoms with van der Waals surface area (Å²) in [5.41, 5.74) is 3.84. The van der Waals surface area contributed by atoms with Crippen LogP contribution in [0.4, 0.5) is 4.79 Å². The summed E-state index contributed by atoms with van der Waals surface area (Å²) in [5.74, 6) is 0. The van der Waals surface area contributed by atoms with E-state index in [0.717, 1.165) is 17.5 Å². The van der Waals surface area contributed by atoms with E-state index in [-0.39, 0.29) is 12.7 Å². The van der Waals surface area contributed by atoms with Gasteiger partial charge in [0.25, 0.3) is 0 Å². The van der Waals surface area contributed by atoms with Crippen LogP contribution in [0.25, 0.3) is 5.57 Å². The molecule has 24 heavy (non-hydrogen) atoms. The first-order chi connectivity index (χ1) is 11.8. The molecule has 4 nitrogen and oxygen atoms in total. The molecule has 2 aromatic rings. The largest absolute Gasteiger partial charge is 0.445 e. The van der Waals surface area contributed by atoms with Gasteiger partial charge in [0.1, 0.15) is 6.61 Å². The Morgan fingerprint density at radius 1 is 1.17 bits per heavy atom. The maximum absolute atomic E-state index is 12.1. The Balaban J connectivity index is 1.58. The van der Waals surface area contributed by atoms with Crippen molar-refractivity contribution in [3.8, 4) is 6.07 Å². The van der Waals surface area contributed by atoms with Crippen molar-refractivity contribution in [1.29, 1.82) is 5.26 Å². The SMILES string of the molecule is N#Cc1cccc(C2=CCN(C(=O)OCc3ccccc3)CC2)c1. The van der Waals surface area contributed by atoms with E-state index in [1.165, 1.54) is 5.57 Å². The van der Waals surface area contributed by atoms with Crippen molar-refractivity contribution < 1.29 is 9.53 Å². The number of hydrogen-bond acceptors (Lipinski definition) is 3. The predicted octanol–water partition coefficient (Wildman–Crippen LogP) is 3.98. The second kappa shape index (κ2) is 7.47. The first kappa shape index (κ1) is 15.8. The maximum Gasteiger partial charge on any atom is 0.410 e. The van der Waals surface area contributed by atoms with Crippen LogP contribution in [0, 0.1) is 11.3 Å². The fraction of sp³-hybridized carbons (Fsp3) is 0.200. The lowest BCUT2D eigenvalue weighted by atomic mass is 9.98. The number of carbonyl (C=O) groups is 1. The third-order valence-corrected chi connectivity index (χ3v) is 4.03. The van der Waals surface area contributed by atoms with Crippen LogP contribution < -0.4 is 0 Å². The van der Waals surface area contributed by atoms with Crippen molar-refractivity contribution in [2.75, 3.05) is 13.1 Å². The van der Waals surface area contributed by atoms with Gasteiger partial charge in [0.2, 0.25) is 0 Å². The van der Waals surface area contributed by atoms with Crippen molar-refractivity contribution in [2.45, 2.75) is 13.0 Å². The summed E-state index contributed by atoms with van der Waals surface area (Å²) in [6, 6.07) is 19.4. The molecule has 1 amide bonds. The number of nitrogens with zero attached hydrogens (tertiary/aromatic N) is 2. The van der Waals surface area contributed by atoms with Crippen LogP contribution in [-0.4, -0.2) is 24.1 Å². The molecule has 4 heteroatoms. The molecule has 0 spiro atoms. The molecule has 0 radical (unpaired) electrons. The first-order valence-corrected chi connectivity index (χ1v) is 7.91. The van der Waals surface area contributed by atoms with E-state index >= 15 is 0 Å². The van der Waals surface area contributed by atoms with Gasteiger partial charge in [0.15, 0.2) is 0 Å². The van der Waals surface area contributed by atoms with Gasteiger partial charge in [-0.15, -0.1) is 0 Å². The van der Waals surface area contributed by atoms with Crippen LogP contribution in [0.15, 0.2) is 60.7 Å². The Kier molecular flexibility index (Phi) is 4.93. The zero-order chi connectivity index (χ0) is 16.8. The number of carbonyl (C=O) groups excluding carboxylic acids is 1. The molecule has 0 aliphatic carbocycles. The Bertz CT molecular complexity index is 791. The van der Waals surface area contributed by atoms with Gasteiger partial charge in [-0.3, -0.25) is 0 Å². The molecule has 1 aliphatic heterocycles. The van der Waals surface area contributed by atoms with Gasteiger partial charge in [-0.2, -0.15) is 5.26 Å². The lowest BCUT2D eigenvalue weighted by Gasteiger charge is -2.26. The molecule has 0 aromatic heterocycles. The Hall–Kier alpha value is -3.06. The van der Waals surface area contributed by atoms with Crippen molar-refractivity contribution in [3.05, 3.63) is 77.4 Å². The van der Waals surface area contributed by atoms with Crippen molar-refractivity contribution in [3.63, 3.8) is 0 Å². The van der Waals surface area contributed by atoms with E-state index in [1.54, 1.807) is 11.0 Å². The summed E-state index contributed by atoms with van der Waals surface area (Å²) in [6.45, 7) is 1.44. The van der Waals surface area contributed by atoms with Crippen LogP contribution >= 0.6 is 0 Å². The number of amides is 1.